The zero-order valence-electron chi connectivity index (χ0n) is 15.1. The molecule has 1 amide bonds. The third-order valence-corrected chi connectivity index (χ3v) is 4.01. The van der Waals surface area contributed by atoms with Gasteiger partial charge in [0.2, 0.25) is 5.69 Å². The molecule has 3 rings (SSSR count). The molecule has 1 aromatic carbocycles. The Bertz CT molecular complexity index is 1110. The minimum Gasteiger partial charge on any atom is -0.619 e. The lowest BCUT2D eigenvalue weighted by atomic mass is 10.1. The first kappa shape index (κ1) is 19.9. The van der Waals surface area contributed by atoms with Crippen molar-refractivity contribution in [2.24, 2.45) is 7.05 Å². The van der Waals surface area contributed by atoms with Crippen LogP contribution < -0.4 is 11.1 Å². The second-order valence-electron chi connectivity index (χ2n) is 6.05. The van der Waals surface area contributed by atoms with E-state index >= 15 is 0 Å². The van der Waals surface area contributed by atoms with Crippen molar-refractivity contribution in [2.75, 3.05) is 11.1 Å². The molecule has 0 saturated heterocycles. The van der Waals surface area contributed by atoms with Crippen LogP contribution in [0.1, 0.15) is 16.1 Å². The highest BCUT2D eigenvalue weighted by Crippen LogP contribution is 2.33. The SMILES string of the molecule is C=[N+]([O-])c1cccc(C(=O)Nc2ccc(-c3cc(C(F)(F)F)nn3C)c(N)n2)c1. The molecule has 3 N–H and O–H groups in total. The van der Waals surface area contributed by atoms with Crippen LogP contribution in [0.25, 0.3) is 11.3 Å². The number of aromatic nitrogens is 3. The number of aryl methyl sites for hydroxylation is 1. The summed E-state index contributed by atoms with van der Waals surface area (Å²) in [6.45, 7) is 3.21. The van der Waals surface area contributed by atoms with Crippen LogP contribution in [-0.2, 0) is 13.2 Å². The van der Waals surface area contributed by atoms with E-state index in [2.05, 4.69) is 22.1 Å². The number of alkyl halides is 3. The van der Waals surface area contributed by atoms with Crippen LogP contribution in [0.4, 0.5) is 30.5 Å². The molecule has 0 radical (unpaired) electrons. The van der Waals surface area contributed by atoms with Crippen molar-refractivity contribution in [1.82, 2.24) is 14.8 Å². The number of anilines is 2. The number of nitrogens with zero attached hydrogens (tertiary/aromatic N) is 4. The summed E-state index contributed by atoms with van der Waals surface area (Å²) in [6, 6.07) is 9.55. The Kier molecular flexibility index (Phi) is 4.97. The monoisotopic (exact) mass is 404 g/mol. The van der Waals surface area contributed by atoms with Gasteiger partial charge in [-0.25, -0.2) is 4.98 Å². The molecule has 0 aliphatic carbocycles. The standard InChI is InChI=1S/C18H15F3N6O2/c1-26-13(9-14(25-26)18(19,20)21)12-6-7-15(23-16(12)22)24-17(28)10-4-3-5-11(8-10)27(2)29/h3-9H,2H2,1H3,(H3,22,23,24,28). The smallest absolute Gasteiger partial charge is 0.435 e. The van der Waals surface area contributed by atoms with Gasteiger partial charge in [0, 0.05) is 30.3 Å². The number of pyridine rings is 1. The zero-order chi connectivity index (χ0) is 21.3. The van der Waals surface area contributed by atoms with E-state index in [0.717, 1.165) is 10.7 Å². The van der Waals surface area contributed by atoms with Crippen LogP contribution in [0.5, 0.6) is 0 Å². The van der Waals surface area contributed by atoms with E-state index in [9.17, 15) is 23.2 Å². The number of benzene rings is 1. The first-order chi connectivity index (χ1) is 13.6. The Labute approximate surface area is 162 Å². The summed E-state index contributed by atoms with van der Waals surface area (Å²) in [6.07, 6.45) is -4.59. The van der Waals surface area contributed by atoms with Gasteiger partial charge in [0.25, 0.3) is 5.91 Å². The van der Waals surface area contributed by atoms with E-state index in [0.29, 0.717) is 4.74 Å². The number of halogens is 3. The first-order valence-corrected chi connectivity index (χ1v) is 8.13. The second kappa shape index (κ2) is 7.26. The number of carbonyl (C=O) groups is 1. The predicted molar refractivity (Wildman–Crippen MR) is 101 cm³/mol. The lowest BCUT2D eigenvalue weighted by Gasteiger charge is -2.09. The fourth-order valence-corrected chi connectivity index (χ4v) is 2.61. The Morgan fingerprint density at radius 2 is 2.00 bits per heavy atom. The summed E-state index contributed by atoms with van der Waals surface area (Å²) in [5, 5.41) is 17.2. The molecule has 0 spiro atoms. The Hall–Kier alpha value is -3.89. The lowest BCUT2D eigenvalue weighted by Crippen LogP contribution is -2.14. The van der Waals surface area contributed by atoms with Crippen molar-refractivity contribution in [2.45, 2.75) is 6.18 Å². The van der Waals surface area contributed by atoms with Crippen molar-refractivity contribution in [3.8, 4) is 11.3 Å². The summed E-state index contributed by atoms with van der Waals surface area (Å²) in [7, 11) is 1.36. The Morgan fingerprint density at radius 1 is 1.28 bits per heavy atom. The molecule has 0 aliphatic heterocycles. The van der Waals surface area contributed by atoms with Gasteiger partial charge in [-0.05, 0) is 24.3 Å². The van der Waals surface area contributed by atoms with Gasteiger partial charge >= 0.3 is 6.18 Å². The minimum absolute atomic E-state index is 0.0863. The maximum Gasteiger partial charge on any atom is 0.435 e. The first-order valence-electron chi connectivity index (χ1n) is 8.13. The largest absolute Gasteiger partial charge is 0.619 e. The molecule has 0 bridgehead atoms. The summed E-state index contributed by atoms with van der Waals surface area (Å²) >= 11 is 0. The van der Waals surface area contributed by atoms with E-state index < -0.39 is 17.8 Å². The zero-order valence-corrected chi connectivity index (χ0v) is 15.1. The highest BCUT2D eigenvalue weighted by atomic mass is 19.4. The van der Waals surface area contributed by atoms with E-state index in [1.165, 1.54) is 43.4 Å². The van der Waals surface area contributed by atoms with E-state index in [1.54, 1.807) is 0 Å². The summed E-state index contributed by atoms with van der Waals surface area (Å²) < 4.78 is 40.0. The molecular formula is C18H15F3N6O2. The fourth-order valence-electron chi connectivity index (χ4n) is 2.61. The van der Waals surface area contributed by atoms with E-state index in [4.69, 9.17) is 5.73 Å². The molecule has 0 fully saturated rings. The number of nitrogen functional groups attached to an aromatic ring is 1. The molecule has 2 heterocycles. The third-order valence-electron chi connectivity index (χ3n) is 4.01. The van der Waals surface area contributed by atoms with Gasteiger partial charge in [0.05, 0.1) is 5.69 Å². The van der Waals surface area contributed by atoms with Gasteiger partial charge in [0.1, 0.15) is 18.4 Å². The maximum absolute atomic E-state index is 12.8. The number of rotatable bonds is 4. The van der Waals surface area contributed by atoms with Crippen molar-refractivity contribution < 1.29 is 22.7 Å². The van der Waals surface area contributed by atoms with Gasteiger partial charge in [-0.3, -0.25) is 9.48 Å². The maximum atomic E-state index is 12.8. The number of hydrogen-bond donors (Lipinski definition) is 2. The molecule has 0 atom stereocenters. The van der Waals surface area contributed by atoms with E-state index in [1.807, 2.05) is 0 Å². The Morgan fingerprint density at radius 3 is 2.59 bits per heavy atom. The van der Waals surface area contributed by atoms with Crippen molar-refractivity contribution >= 4 is 29.9 Å². The quantitative estimate of drug-likeness (QED) is 0.300. The molecule has 3 aromatic rings. The summed E-state index contributed by atoms with van der Waals surface area (Å²) in [5.41, 5.74) is 5.57. The minimum atomic E-state index is -4.59. The average Bonchev–Trinajstić information content (AvgIpc) is 3.04. The van der Waals surface area contributed by atoms with Crippen molar-refractivity contribution in [3.63, 3.8) is 0 Å². The average molecular weight is 404 g/mol. The van der Waals surface area contributed by atoms with Crippen LogP contribution in [0.2, 0.25) is 0 Å². The van der Waals surface area contributed by atoms with Crippen molar-refractivity contribution in [3.05, 3.63) is 58.9 Å². The molecule has 0 saturated carbocycles. The van der Waals surface area contributed by atoms with Crippen LogP contribution in [0.15, 0.2) is 42.5 Å². The normalized spacial score (nSPS) is 11.3. The number of hydrogen-bond acceptors (Lipinski definition) is 5. The number of nitrogens with one attached hydrogen (secondary N) is 1. The number of carbonyl (C=O) groups excluding carboxylic acids is 1. The third kappa shape index (κ3) is 4.18. The molecule has 8 nitrogen and oxygen atoms in total. The molecule has 2 aromatic heterocycles. The van der Waals surface area contributed by atoms with E-state index in [-0.39, 0.29) is 34.1 Å². The highest BCUT2D eigenvalue weighted by Gasteiger charge is 2.35. The van der Waals surface area contributed by atoms with Gasteiger partial charge in [-0.2, -0.15) is 23.0 Å². The highest BCUT2D eigenvalue weighted by molar-refractivity contribution is 6.04. The molecule has 29 heavy (non-hydrogen) atoms. The predicted octanol–water partition coefficient (Wildman–Crippen LogP) is 3.18. The summed E-state index contributed by atoms with van der Waals surface area (Å²) in [4.78, 5) is 16.4. The van der Waals surface area contributed by atoms with Gasteiger partial charge in [0.15, 0.2) is 5.69 Å². The van der Waals surface area contributed by atoms with Gasteiger partial charge < -0.3 is 16.3 Å². The van der Waals surface area contributed by atoms with Crippen LogP contribution >= 0.6 is 0 Å². The number of amides is 1. The lowest BCUT2D eigenvalue weighted by molar-refractivity contribution is -0.349. The van der Waals surface area contributed by atoms with Crippen molar-refractivity contribution in [1.29, 1.82) is 0 Å². The van der Waals surface area contributed by atoms with Crippen LogP contribution in [-0.4, -0.2) is 32.1 Å². The van der Waals surface area contributed by atoms with Gasteiger partial charge in [-0.15, -0.1) is 0 Å². The molecule has 150 valence electrons. The Balaban J connectivity index is 1.85. The van der Waals surface area contributed by atoms with Gasteiger partial charge in [-0.1, -0.05) is 6.07 Å². The summed E-state index contributed by atoms with van der Waals surface area (Å²) in [5.74, 6) is -0.543. The topological polar surface area (TPSA) is 112 Å². The molecule has 0 unspecified atom stereocenters. The second-order valence-corrected chi connectivity index (χ2v) is 6.05. The molecule has 11 heteroatoms. The fraction of sp³-hybridized carbons (Fsp3) is 0.111. The van der Waals surface area contributed by atoms with Crippen LogP contribution in [0.3, 0.4) is 0 Å². The molecular weight excluding hydrogens is 389 g/mol. The molecule has 0 aliphatic rings. The van der Waals surface area contributed by atoms with Crippen LogP contribution in [0, 0.1) is 5.21 Å². The number of nitrogens with two attached hydrogens (primary N) is 1.